The summed E-state index contributed by atoms with van der Waals surface area (Å²) in [5, 5.41) is 0.912. The van der Waals surface area contributed by atoms with E-state index in [2.05, 4.69) is 4.98 Å². The average Bonchev–Trinajstić information content (AvgIpc) is 2.34. The molecule has 18 heavy (non-hydrogen) atoms. The van der Waals surface area contributed by atoms with E-state index < -0.39 is 5.82 Å². The van der Waals surface area contributed by atoms with Gasteiger partial charge in [0, 0.05) is 17.3 Å². The monoisotopic (exact) mass is 305 g/mol. The second-order valence-electron chi connectivity index (χ2n) is 3.43. The minimum atomic E-state index is -0.597. The highest BCUT2D eigenvalue weighted by molar-refractivity contribution is 6.44. The Labute approximate surface area is 118 Å². The zero-order valence-corrected chi connectivity index (χ0v) is 11.4. The van der Waals surface area contributed by atoms with Crippen molar-refractivity contribution < 1.29 is 9.13 Å². The van der Waals surface area contributed by atoms with Crippen molar-refractivity contribution in [3.05, 3.63) is 45.3 Å². The SMILES string of the molecule is COc1nccc(-c2cc(Cl)c(Cl)cc2Cl)c1F. The Balaban J connectivity index is 2.66. The first-order valence-corrected chi connectivity index (χ1v) is 6.01. The molecule has 2 aromatic rings. The molecule has 0 fully saturated rings. The molecule has 0 spiro atoms. The van der Waals surface area contributed by atoms with Crippen molar-refractivity contribution in [3.63, 3.8) is 0 Å². The molecule has 0 amide bonds. The van der Waals surface area contributed by atoms with Crippen LogP contribution in [0.5, 0.6) is 5.88 Å². The topological polar surface area (TPSA) is 22.1 Å². The molecule has 2 nitrogen and oxygen atoms in total. The number of hydrogen-bond donors (Lipinski definition) is 0. The molecule has 0 atom stereocenters. The number of benzene rings is 1. The second-order valence-corrected chi connectivity index (χ2v) is 4.65. The van der Waals surface area contributed by atoms with Gasteiger partial charge in [-0.1, -0.05) is 34.8 Å². The Morgan fingerprint density at radius 3 is 2.39 bits per heavy atom. The highest BCUT2D eigenvalue weighted by Crippen LogP contribution is 2.37. The lowest BCUT2D eigenvalue weighted by Crippen LogP contribution is -1.95. The summed E-state index contributed by atoms with van der Waals surface area (Å²) in [7, 11) is 1.34. The molecule has 0 N–H and O–H groups in total. The van der Waals surface area contributed by atoms with Crippen LogP contribution in [0.4, 0.5) is 4.39 Å². The Hall–Kier alpha value is -1.03. The second kappa shape index (κ2) is 5.31. The van der Waals surface area contributed by atoms with Crippen LogP contribution in [-0.2, 0) is 0 Å². The molecule has 1 aromatic carbocycles. The van der Waals surface area contributed by atoms with E-state index in [9.17, 15) is 4.39 Å². The number of aromatic nitrogens is 1. The third-order valence-electron chi connectivity index (χ3n) is 2.35. The quantitative estimate of drug-likeness (QED) is 0.739. The van der Waals surface area contributed by atoms with E-state index in [1.54, 1.807) is 0 Å². The van der Waals surface area contributed by atoms with Crippen LogP contribution >= 0.6 is 34.8 Å². The van der Waals surface area contributed by atoms with Crippen molar-refractivity contribution >= 4 is 34.8 Å². The van der Waals surface area contributed by atoms with Crippen molar-refractivity contribution in [2.75, 3.05) is 7.11 Å². The van der Waals surface area contributed by atoms with Crippen LogP contribution in [0.3, 0.4) is 0 Å². The van der Waals surface area contributed by atoms with Gasteiger partial charge in [-0.05, 0) is 18.2 Å². The molecular formula is C12H7Cl3FNO. The lowest BCUT2D eigenvalue weighted by molar-refractivity contribution is 0.370. The molecule has 0 saturated carbocycles. The molecule has 1 aromatic heterocycles. The molecule has 2 rings (SSSR count). The molecule has 0 unspecified atom stereocenters. The van der Waals surface area contributed by atoms with Crippen LogP contribution < -0.4 is 4.74 Å². The standard InChI is InChI=1S/C12H7Cl3FNO/c1-18-12-11(16)6(2-3-17-12)7-4-9(14)10(15)5-8(7)13/h2-5H,1H3. The maximum atomic E-state index is 14.0. The van der Waals surface area contributed by atoms with Crippen LogP contribution in [0.25, 0.3) is 11.1 Å². The van der Waals surface area contributed by atoms with Crippen molar-refractivity contribution in [1.29, 1.82) is 0 Å². The number of methoxy groups -OCH3 is 1. The molecule has 0 radical (unpaired) electrons. The van der Waals surface area contributed by atoms with Gasteiger partial charge in [-0.3, -0.25) is 0 Å². The predicted octanol–water partition coefficient (Wildman–Crippen LogP) is 4.86. The van der Waals surface area contributed by atoms with E-state index in [0.29, 0.717) is 20.6 Å². The summed E-state index contributed by atoms with van der Waals surface area (Å²) < 4.78 is 18.9. The third kappa shape index (κ3) is 2.39. The van der Waals surface area contributed by atoms with Crippen molar-refractivity contribution in [3.8, 4) is 17.0 Å². The van der Waals surface area contributed by atoms with Crippen LogP contribution in [-0.4, -0.2) is 12.1 Å². The zero-order valence-electron chi connectivity index (χ0n) is 9.18. The van der Waals surface area contributed by atoms with Gasteiger partial charge in [0.25, 0.3) is 5.88 Å². The Bertz CT molecular complexity index is 604. The first-order valence-electron chi connectivity index (χ1n) is 4.88. The van der Waals surface area contributed by atoms with Gasteiger partial charge in [0.1, 0.15) is 0 Å². The molecule has 0 bridgehead atoms. The van der Waals surface area contributed by atoms with Crippen LogP contribution in [0.15, 0.2) is 24.4 Å². The van der Waals surface area contributed by atoms with Crippen molar-refractivity contribution in [1.82, 2.24) is 4.98 Å². The van der Waals surface area contributed by atoms with Crippen molar-refractivity contribution in [2.45, 2.75) is 0 Å². The predicted molar refractivity (Wildman–Crippen MR) is 71.2 cm³/mol. The summed E-state index contributed by atoms with van der Waals surface area (Å²) in [6, 6.07) is 4.46. The smallest absolute Gasteiger partial charge is 0.250 e. The van der Waals surface area contributed by atoms with Gasteiger partial charge in [-0.25, -0.2) is 9.37 Å². The van der Waals surface area contributed by atoms with Gasteiger partial charge in [0.15, 0.2) is 5.82 Å². The van der Waals surface area contributed by atoms with Gasteiger partial charge in [-0.15, -0.1) is 0 Å². The van der Waals surface area contributed by atoms with Gasteiger partial charge >= 0.3 is 0 Å². The van der Waals surface area contributed by atoms with Crippen molar-refractivity contribution in [2.24, 2.45) is 0 Å². The first kappa shape index (κ1) is 13.4. The van der Waals surface area contributed by atoms with E-state index in [1.165, 1.54) is 31.5 Å². The highest BCUT2D eigenvalue weighted by atomic mass is 35.5. The van der Waals surface area contributed by atoms with Gasteiger partial charge < -0.3 is 4.74 Å². The van der Waals surface area contributed by atoms with Crippen LogP contribution in [0, 0.1) is 5.82 Å². The van der Waals surface area contributed by atoms with E-state index in [-0.39, 0.29) is 11.4 Å². The molecule has 0 aliphatic heterocycles. The molecule has 6 heteroatoms. The number of nitrogens with zero attached hydrogens (tertiary/aromatic N) is 1. The fourth-order valence-corrected chi connectivity index (χ4v) is 2.15. The lowest BCUT2D eigenvalue weighted by atomic mass is 10.1. The molecule has 94 valence electrons. The summed E-state index contributed by atoms with van der Waals surface area (Å²) >= 11 is 17.8. The van der Waals surface area contributed by atoms with E-state index >= 15 is 0 Å². The first-order chi connectivity index (χ1) is 8.54. The maximum Gasteiger partial charge on any atom is 0.250 e. The Morgan fingerprint density at radius 2 is 1.72 bits per heavy atom. The van der Waals surface area contributed by atoms with Gasteiger partial charge in [-0.2, -0.15) is 0 Å². The molecule has 0 aliphatic carbocycles. The average molecular weight is 307 g/mol. The van der Waals surface area contributed by atoms with Gasteiger partial charge in [0.05, 0.1) is 22.2 Å². The number of rotatable bonds is 2. The number of halogens is 4. The number of ether oxygens (including phenoxy) is 1. The minimum Gasteiger partial charge on any atom is -0.479 e. The summed E-state index contributed by atoms with van der Waals surface area (Å²) in [4.78, 5) is 3.75. The van der Waals surface area contributed by atoms with E-state index in [1.807, 2.05) is 0 Å². The van der Waals surface area contributed by atoms with E-state index in [0.717, 1.165) is 0 Å². The van der Waals surface area contributed by atoms with Crippen LogP contribution in [0.2, 0.25) is 15.1 Å². The third-order valence-corrected chi connectivity index (χ3v) is 3.39. The fraction of sp³-hybridized carbons (Fsp3) is 0.0833. The zero-order chi connectivity index (χ0) is 13.3. The Kier molecular flexibility index (Phi) is 3.95. The fourth-order valence-electron chi connectivity index (χ4n) is 1.50. The number of pyridine rings is 1. The number of hydrogen-bond acceptors (Lipinski definition) is 2. The summed E-state index contributed by atoms with van der Waals surface area (Å²) in [6.45, 7) is 0. The summed E-state index contributed by atoms with van der Waals surface area (Å²) in [6.07, 6.45) is 1.43. The largest absolute Gasteiger partial charge is 0.479 e. The Morgan fingerprint density at radius 1 is 1.06 bits per heavy atom. The minimum absolute atomic E-state index is 0.102. The highest BCUT2D eigenvalue weighted by Gasteiger charge is 2.15. The molecule has 0 saturated heterocycles. The molecule has 0 aliphatic rings. The molecular weight excluding hydrogens is 299 g/mol. The molecule has 1 heterocycles. The maximum absolute atomic E-state index is 14.0. The normalized spacial score (nSPS) is 10.5. The van der Waals surface area contributed by atoms with Crippen LogP contribution in [0.1, 0.15) is 0 Å². The summed E-state index contributed by atoms with van der Waals surface area (Å²) in [5.74, 6) is -0.699. The van der Waals surface area contributed by atoms with Gasteiger partial charge in [0.2, 0.25) is 0 Å². The summed E-state index contributed by atoms with van der Waals surface area (Å²) in [5.41, 5.74) is 0.690. The van der Waals surface area contributed by atoms with E-state index in [4.69, 9.17) is 39.5 Å². The lowest BCUT2D eigenvalue weighted by Gasteiger charge is -2.09.